The highest BCUT2D eigenvalue weighted by Crippen LogP contribution is 2.42. The Kier molecular flexibility index (Phi) is 7.56. The molecule has 0 bridgehead atoms. The van der Waals surface area contributed by atoms with Crippen molar-refractivity contribution in [3.05, 3.63) is 185 Å². The van der Waals surface area contributed by atoms with Crippen molar-refractivity contribution in [1.29, 1.82) is 0 Å². The van der Waals surface area contributed by atoms with Gasteiger partial charge in [0.1, 0.15) is 0 Å². The van der Waals surface area contributed by atoms with E-state index in [1.54, 1.807) is 0 Å². The highest BCUT2D eigenvalue weighted by atomic mass is 15.2. The molecule has 2 heteroatoms. The van der Waals surface area contributed by atoms with E-state index >= 15 is 0 Å². The van der Waals surface area contributed by atoms with Gasteiger partial charge in [-0.2, -0.15) is 0 Å². The molecule has 1 heterocycles. The molecule has 0 spiro atoms. The molecule has 5 aromatic rings. The number of anilines is 3. The van der Waals surface area contributed by atoms with Crippen LogP contribution in [0.5, 0.6) is 0 Å². The molecular formula is C42H36N2. The summed E-state index contributed by atoms with van der Waals surface area (Å²) in [5.74, 6) is 0. The lowest BCUT2D eigenvalue weighted by Gasteiger charge is -2.29. The number of para-hydroxylation sites is 3. The van der Waals surface area contributed by atoms with E-state index in [1.807, 2.05) is 0 Å². The van der Waals surface area contributed by atoms with Gasteiger partial charge in [0, 0.05) is 29.8 Å². The summed E-state index contributed by atoms with van der Waals surface area (Å²) in [5, 5.41) is 2.59. The minimum atomic E-state index is 0.982. The lowest BCUT2D eigenvalue weighted by atomic mass is 9.99. The van der Waals surface area contributed by atoms with Gasteiger partial charge in [0.05, 0.1) is 5.70 Å². The molecule has 1 aliphatic heterocycles. The molecule has 214 valence electrons. The van der Waals surface area contributed by atoms with Crippen LogP contribution in [0.25, 0.3) is 22.9 Å². The molecule has 0 fully saturated rings. The van der Waals surface area contributed by atoms with E-state index in [9.17, 15) is 0 Å². The molecule has 0 radical (unpaired) electrons. The Hall–Kier alpha value is -5.34. The smallest absolute Gasteiger partial charge is 0.0525 e. The van der Waals surface area contributed by atoms with E-state index in [2.05, 4.69) is 182 Å². The molecule has 0 amide bonds. The Balaban J connectivity index is 1.35. The summed E-state index contributed by atoms with van der Waals surface area (Å²) in [6.45, 7) is 2.23. The number of allylic oxidation sites excluding steroid dienone is 6. The van der Waals surface area contributed by atoms with Crippen LogP contribution in [0.3, 0.4) is 0 Å². The number of benzene rings is 5. The van der Waals surface area contributed by atoms with Gasteiger partial charge < -0.3 is 9.80 Å². The van der Waals surface area contributed by atoms with Crippen molar-refractivity contribution < 1.29 is 0 Å². The van der Waals surface area contributed by atoms with Crippen molar-refractivity contribution in [3.63, 3.8) is 0 Å². The molecule has 0 unspecified atom stereocenters. The van der Waals surface area contributed by atoms with Crippen LogP contribution in [-0.4, -0.2) is 7.05 Å². The first-order valence-electron chi connectivity index (χ1n) is 15.4. The standard InChI is InChI=1S/C42H36N2/c1-31-32(21-23-33-13-9-11-19-40(31)33)22-24-35-25-26-36(28-30-37-29-27-34-14-10-12-20-41(34)43(37)2)42(35)44(38-15-5-3-6-16-38)39-17-7-4-8-18-39/h3-24,27-30H,25-26H2,1-2H3. The van der Waals surface area contributed by atoms with Crippen molar-refractivity contribution in [1.82, 2.24) is 0 Å². The molecule has 0 saturated carbocycles. The van der Waals surface area contributed by atoms with Crippen molar-refractivity contribution in [3.8, 4) is 0 Å². The largest absolute Gasteiger partial charge is 0.344 e. The first-order chi connectivity index (χ1) is 21.7. The summed E-state index contributed by atoms with van der Waals surface area (Å²) in [5.41, 5.74) is 12.5. The monoisotopic (exact) mass is 568 g/mol. The zero-order chi connectivity index (χ0) is 29.9. The summed E-state index contributed by atoms with van der Waals surface area (Å²) in [4.78, 5) is 4.71. The Morgan fingerprint density at radius 2 is 1.32 bits per heavy atom. The van der Waals surface area contributed by atoms with Crippen molar-refractivity contribution in [2.45, 2.75) is 19.8 Å². The second-order valence-corrected chi connectivity index (χ2v) is 11.4. The van der Waals surface area contributed by atoms with Crippen LogP contribution in [0.15, 0.2) is 168 Å². The fraction of sp³-hybridized carbons (Fsp3) is 0.0952. The van der Waals surface area contributed by atoms with Gasteiger partial charge in [-0.25, -0.2) is 0 Å². The van der Waals surface area contributed by atoms with E-state index in [0.29, 0.717) is 0 Å². The molecule has 0 saturated heterocycles. The topological polar surface area (TPSA) is 6.48 Å². The summed E-state index contributed by atoms with van der Waals surface area (Å²) in [6.07, 6.45) is 15.7. The minimum Gasteiger partial charge on any atom is -0.344 e. The van der Waals surface area contributed by atoms with Crippen LogP contribution in [-0.2, 0) is 0 Å². The van der Waals surface area contributed by atoms with Crippen molar-refractivity contribution in [2.24, 2.45) is 0 Å². The Labute approximate surface area is 260 Å². The zero-order valence-corrected chi connectivity index (χ0v) is 25.3. The van der Waals surface area contributed by atoms with E-state index in [4.69, 9.17) is 0 Å². The Morgan fingerprint density at radius 1 is 0.636 bits per heavy atom. The van der Waals surface area contributed by atoms with Crippen LogP contribution < -0.4 is 9.80 Å². The van der Waals surface area contributed by atoms with Crippen molar-refractivity contribution >= 4 is 40.0 Å². The van der Waals surface area contributed by atoms with Gasteiger partial charge in [0.2, 0.25) is 0 Å². The van der Waals surface area contributed by atoms with Gasteiger partial charge >= 0.3 is 0 Å². The second kappa shape index (κ2) is 12.1. The maximum absolute atomic E-state index is 2.43. The minimum absolute atomic E-state index is 0.982. The number of hydrogen-bond donors (Lipinski definition) is 0. The molecule has 1 aliphatic carbocycles. The molecule has 0 N–H and O–H groups in total. The third-order valence-electron chi connectivity index (χ3n) is 8.80. The molecule has 5 aromatic carbocycles. The number of hydrogen-bond acceptors (Lipinski definition) is 2. The fourth-order valence-corrected chi connectivity index (χ4v) is 6.41. The zero-order valence-electron chi connectivity index (χ0n) is 25.3. The first-order valence-corrected chi connectivity index (χ1v) is 15.4. The molecule has 0 atom stereocenters. The van der Waals surface area contributed by atoms with Crippen LogP contribution in [0.1, 0.15) is 29.5 Å². The van der Waals surface area contributed by atoms with Gasteiger partial charge in [-0.1, -0.05) is 115 Å². The van der Waals surface area contributed by atoms with E-state index in [1.165, 1.54) is 55.7 Å². The van der Waals surface area contributed by atoms with Gasteiger partial charge in [0.15, 0.2) is 0 Å². The average molecular weight is 569 g/mol. The maximum atomic E-state index is 2.43. The van der Waals surface area contributed by atoms with Crippen LogP contribution in [0, 0.1) is 6.92 Å². The predicted octanol–water partition coefficient (Wildman–Crippen LogP) is 11.0. The quantitative estimate of drug-likeness (QED) is 0.201. The summed E-state index contributed by atoms with van der Waals surface area (Å²) < 4.78 is 0. The highest BCUT2D eigenvalue weighted by molar-refractivity contribution is 5.89. The first kappa shape index (κ1) is 27.5. The second-order valence-electron chi connectivity index (χ2n) is 11.4. The van der Waals surface area contributed by atoms with Crippen molar-refractivity contribution in [2.75, 3.05) is 16.8 Å². The van der Waals surface area contributed by atoms with E-state index in [-0.39, 0.29) is 0 Å². The Bertz CT molecular complexity index is 1930. The molecule has 2 nitrogen and oxygen atoms in total. The number of fused-ring (bicyclic) bond motifs is 2. The number of aryl methyl sites for hydroxylation is 1. The van der Waals surface area contributed by atoms with E-state index < -0.39 is 0 Å². The summed E-state index contributed by atoms with van der Waals surface area (Å²) in [7, 11) is 2.15. The number of likely N-dealkylation sites (N-methyl/N-ethyl adjacent to an activating group) is 1. The Morgan fingerprint density at radius 3 is 2.09 bits per heavy atom. The molecule has 44 heavy (non-hydrogen) atoms. The molecule has 0 aromatic heterocycles. The lowest BCUT2D eigenvalue weighted by molar-refractivity contribution is 1.03. The fourth-order valence-electron chi connectivity index (χ4n) is 6.41. The third kappa shape index (κ3) is 5.31. The number of nitrogens with zero attached hydrogens (tertiary/aromatic N) is 2. The summed E-state index contributed by atoms with van der Waals surface area (Å²) in [6, 6.07) is 43.2. The SMILES string of the molecule is Cc1c(C=CC2=C(N(c3ccccc3)c3ccccc3)C(=CC=C3C=Cc4ccccc4N3C)CC2)ccc2ccccc12. The third-order valence-corrected chi connectivity index (χ3v) is 8.80. The van der Waals surface area contributed by atoms with Crippen LogP contribution in [0.4, 0.5) is 17.1 Å². The highest BCUT2D eigenvalue weighted by Gasteiger charge is 2.26. The van der Waals surface area contributed by atoms with Crippen LogP contribution >= 0.6 is 0 Å². The molecule has 2 aliphatic rings. The van der Waals surface area contributed by atoms with Gasteiger partial charge in [-0.3, -0.25) is 0 Å². The number of rotatable bonds is 6. The van der Waals surface area contributed by atoms with Gasteiger partial charge in [-0.05, 0) is 101 Å². The van der Waals surface area contributed by atoms with E-state index in [0.717, 1.165) is 24.2 Å². The van der Waals surface area contributed by atoms with Crippen LogP contribution in [0.2, 0.25) is 0 Å². The molecular weight excluding hydrogens is 532 g/mol. The van der Waals surface area contributed by atoms with Gasteiger partial charge in [-0.15, -0.1) is 0 Å². The maximum Gasteiger partial charge on any atom is 0.0525 e. The average Bonchev–Trinajstić information content (AvgIpc) is 3.47. The summed E-state index contributed by atoms with van der Waals surface area (Å²) >= 11 is 0. The molecule has 7 rings (SSSR count). The van der Waals surface area contributed by atoms with Gasteiger partial charge in [0.25, 0.3) is 0 Å². The lowest BCUT2D eigenvalue weighted by Crippen LogP contribution is -2.19. The normalized spacial score (nSPS) is 16.5. The predicted molar refractivity (Wildman–Crippen MR) is 189 cm³/mol.